The first-order valence-electron chi connectivity index (χ1n) is 10.5. The summed E-state index contributed by atoms with van der Waals surface area (Å²) < 4.78 is 13.1. The van der Waals surface area contributed by atoms with Crippen molar-refractivity contribution < 1.29 is 19.1 Å². The molecule has 0 aliphatic heterocycles. The molecule has 182 valence electrons. The Labute approximate surface area is 230 Å². The van der Waals surface area contributed by atoms with Crippen LogP contribution >= 0.6 is 50.1 Å². The van der Waals surface area contributed by atoms with E-state index < -0.39 is 0 Å². The zero-order valence-corrected chi connectivity index (χ0v) is 23.4. The van der Waals surface area contributed by atoms with Gasteiger partial charge in [0.15, 0.2) is 18.1 Å². The van der Waals surface area contributed by atoms with Crippen LogP contribution in [0.5, 0.6) is 11.5 Å². The Morgan fingerprint density at radius 1 is 1.11 bits per heavy atom. The largest absolute Gasteiger partial charge is 0.490 e. The fraction of sp³-hybridized carbons (Fsp3) is 0.160. The van der Waals surface area contributed by atoms with Crippen LogP contribution < -0.4 is 20.2 Å². The van der Waals surface area contributed by atoms with E-state index in [0.717, 1.165) is 13.6 Å². The van der Waals surface area contributed by atoms with Crippen LogP contribution in [0.1, 0.15) is 28.4 Å². The van der Waals surface area contributed by atoms with Crippen LogP contribution in [0.25, 0.3) is 0 Å². The second kappa shape index (κ2) is 12.9. The first kappa shape index (κ1) is 27.0. The first-order chi connectivity index (χ1) is 16.8. The van der Waals surface area contributed by atoms with Gasteiger partial charge in [-0.1, -0.05) is 33.6 Å². The molecule has 0 heterocycles. The molecule has 7 nitrogen and oxygen atoms in total. The quantitative estimate of drug-likeness (QED) is 0.161. The SMILES string of the molecule is CCOc1cc(/C=N/NC(=O)c2ccc(Br)cc2)cc(I)c1OCC(=O)Nc1ccc(C)c(Cl)c1. The van der Waals surface area contributed by atoms with Gasteiger partial charge in [-0.05, 0) is 96.1 Å². The Morgan fingerprint density at radius 3 is 2.54 bits per heavy atom. The summed E-state index contributed by atoms with van der Waals surface area (Å²) in [5.74, 6) is 0.255. The number of benzene rings is 3. The van der Waals surface area contributed by atoms with Crippen molar-refractivity contribution in [1.29, 1.82) is 0 Å². The molecule has 0 fully saturated rings. The van der Waals surface area contributed by atoms with Crippen LogP contribution in [0.15, 0.2) is 64.2 Å². The van der Waals surface area contributed by atoms with Crippen molar-refractivity contribution >= 4 is 73.8 Å². The van der Waals surface area contributed by atoms with Gasteiger partial charge < -0.3 is 14.8 Å². The zero-order valence-electron chi connectivity index (χ0n) is 18.9. The molecule has 0 aliphatic carbocycles. The van der Waals surface area contributed by atoms with Gasteiger partial charge in [-0.15, -0.1) is 0 Å². The average Bonchev–Trinajstić information content (AvgIpc) is 2.81. The minimum Gasteiger partial charge on any atom is -0.490 e. The van der Waals surface area contributed by atoms with Crippen molar-refractivity contribution in [3.05, 3.63) is 84.4 Å². The van der Waals surface area contributed by atoms with Gasteiger partial charge in [-0.25, -0.2) is 5.43 Å². The van der Waals surface area contributed by atoms with E-state index in [9.17, 15) is 9.59 Å². The third kappa shape index (κ3) is 7.94. The molecule has 0 aliphatic rings. The number of hydrazone groups is 1. The van der Waals surface area contributed by atoms with Crippen LogP contribution in [0.4, 0.5) is 5.69 Å². The van der Waals surface area contributed by atoms with Crippen LogP contribution in [0, 0.1) is 10.5 Å². The molecule has 0 radical (unpaired) electrons. The molecule has 3 aromatic carbocycles. The van der Waals surface area contributed by atoms with Gasteiger partial charge in [-0.3, -0.25) is 9.59 Å². The number of hydrogen-bond acceptors (Lipinski definition) is 5. The number of nitrogens with one attached hydrogen (secondary N) is 2. The van der Waals surface area contributed by atoms with Gasteiger partial charge in [0.2, 0.25) is 0 Å². The van der Waals surface area contributed by atoms with Crippen molar-refractivity contribution in [2.45, 2.75) is 13.8 Å². The van der Waals surface area contributed by atoms with E-state index >= 15 is 0 Å². The molecule has 0 spiro atoms. The summed E-state index contributed by atoms with van der Waals surface area (Å²) in [6, 6.07) is 15.8. The number of carbonyl (C=O) groups excluding carboxylic acids is 2. The molecule has 2 N–H and O–H groups in total. The van der Waals surface area contributed by atoms with Crippen LogP contribution in [-0.4, -0.2) is 31.2 Å². The van der Waals surface area contributed by atoms with Gasteiger partial charge in [-0.2, -0.15) is 5.10 Å². The molecule has 0 bridgehead atoms. The number of aryl methyl sites for hydroxylation is 1. The Kier molecular flexibility index (Phi) is 9.93. The summed E-state index contributed by atoms with van der Waals surface area (Å²) in [5, 5.41) is 7.37. The number of carbonyl (C=O) groups is 2. The molecule has 0 saturated heterocycles. The third-order valence-corrected chi connectivity index (χ3v) is 6.36. The lowest BCUT2D eigenvalue weighted by Crippen LogP contribution is -2.20. The number of hydrogen-bond donors (Lipinski definition) is 2. The molecule has 35 heavy (non-hydrogen) atoms. The highest BCUT2D eigenvalue weighted by Crippen LogP contribution is 2.34. The van der Waals surface area contributed by atoms with E-state index in [1.165, 1.54) is 6.21 Å². The third-order valence-electron chi connectivity index (χ3n) is 4.62. The number of nitrogens with zero attached hydrogens (tertiary/aromatic N) is 1. The molecule has 3 aromatic rings. The Hall–Kier alpha value is -2.63. The predicted octanol–water partition coefficient (Wildman–Crippen LogP) is 6.20. The molecule has 10 heteroatoms. The van der Waals surface area contributed by atoms with Gasteiger partial charge in [0, 0.05) is 20.7 Å². The fourth-order valence-electron chi connectivity index (χ4n) is 2.90. The van der Waals surface area contributed by atoms with E-state index in [1.807, 2.05) is 26.0 Å². The number of amides is 2. The lowest BCUT2D eigenvalue weighted by Gasteiger charge is -2.15. The predicted molar refractivity (Wildman–Crippen MR) is 150 cm³/mol. The topological polar surface area (TPSA) is 89.0 Å². The molecular weight excluding hydrogens is 649 g/mol. The molecule has 0 atom stereocenters. The highest BCUT2D eigenvalue weighted by Gasteiger charge is 2.14. The molecule has 0 saturated carbocycles. The van der Waals surface area contributed by atoms with Crippen molar-refractivity contribution in [2.75, 3.05) is 18.5 Å². The van der Waals surface area contributed by atoms with Crippen LogP contribution in [-0.2, 0) is 4.79 Å². The van der Waals surface area contributed by atoms with Crippen LogP contribution in [0.2, 0.25) is 5.02 Å². The summed E-state index contributed by atoms with van der Waals surface area (Å²) in [6.07, 6.45) is 1.51. The Balaban J connectivity index is 1.65. The molecule has 2 amide bonds. The molecule has 0 aromatic heterocycles. The lowest BCUT2D eigenvalue weighted by molar-refractivity contribution is -0.118. The van der Waals surface area contributed by atoms with Gasteiger partial charge in [0.25, 0.3) is 11.8 Å². The summed E-state index contributed by atoms with van der Waals surface area (Å²) in [6.45, 7) is 3.93. The Bertz CT molecular complexity index is 1250. The monoisotopic (exact) mass is 669 g/mol. The van der Waals surface area contributed by atoms with E-state index in [-0.39, 0.29) is 18.4 Å². The number of anilines is 1. The average molecular weight is 671 g/mol. The number of ether oxygens (including phenoxy) is 2. The van der Waals surface area contributed by atoms with Crippen molar-refractivity contribution in [2.24, 2.45) is 5.10 Å². The fourth-order valence-corrected chi connectivity index (χ4v) is 4.13. The smallest absolute Gasteiger partial charge is 0.271 e. The molecule has 0 unspecified atom stereocenters. The summed E-state index contributed by atoms with van der Waals surface area (Å²) >= 11 is 11.6. The molecular formula is C25H22BrClIN3O4. The van der Waals surface area contributed by atoms with Crippen molar-refractivity contribution in [3.8, 4) is 11.5 Å². The van der Waals surface area contributed by atoms with E-state index in [4.69, 9.17) is 21.1 Å². The summed E-state index contributed by atoms with van der Waals surface area (Å²) in [4.78, 5) is 24.6. The van der Waals surface area contributed by atoms with Gasteiger partial charge in [0.1, 0.15) is 0 Å². The maximum atomic E-state index is 12.4. The minimum atomic E-state index is -0.329. The van der Waals surface area contributed by atoms with Gasteiger partial charge >= 0.3 is 0 Å². The summed E-state index contributed by atoms with van der Waals surface area (Å²) in [5.41, 5.74) is 5.20. The maximum absolute atomic E-state index is 12.4. The van der Waals surface area contributed by atoms with E-state index in [0.29, 0.717) is 39.9 Å². The van der Waals surface area contributed by atoms with Crippen LogP contribution in [0.3, 0.4) is 0 Å². The van der Waals surface area contributed by atoms with E-state index in [1.54, 1.807) is 42.5 Å². The zero-order chi connectivity index (χ0) is 25.4. The summed E-state index contributed by atoms with van der Waals surface area (Å²) in [7, 11) is 0. The van der Waals surface area contributed by atoms with Crippen molar-refractivity contribution in [1.82, 2.24) is 5.43 Å². The Morgan fingerprint density at radius 2 is 1.86 bits per heavy atom. The van der Waals surface area contributed by atoms with E-state index in [2.05, 4.69) is 54.4 Å². The standard InChI is InChI=1S/C25H22BrClIN3O4/c1-3-34-22-11-16(13-29-31-25(33)17-5-7-18(26)8-6-17)10-21(28)24(22)35-14-23(32)30-19-9-4-15(2)20(27)12-19/h4-13H,3,14H2,1-2H3,(H,30,32)(H,31,33)/b29-13+. The molecule has 3 rings (SSSR count). The van der Waals surface area contributed by atoms with Gasteiger partial charge in [0.05, 0.1) is 16.4 Å². The highest BCUT2D eigenvalue weighted by molar-refractivity contribution is 14.1. The number of halogens is 3. The maximum Gasteiger partial charge on any atom is 0.271 e. The van der Waals surface area contributed by atoms with Crippen molar-refractivity contribution in [3.63, 3.8) is 0 Å². The lowest BCUT2D eigenvalue weighted by atomic mass is 10.2. The highest BCUT2D eigenvalue weighted by atomic mass is 127. The second-order valence-electron chi connectivity index (χ2n) is 7.27. The normalized spacial score (nSPS) is 10.8. The minimum absolute atomic E-state index is 0.210. The first-order valence-corrected chi connectivity index (χ1v) is 12.8. The second-order valence-corrected chi connectivity index (χ2v) is 9.75. The number of rotatable bonds is 9.